The molecule has 0 aliphatic rings. The van der Waals surface area contributed by atoms with Gasteiger partial charge in [0.1, 0.15) is 0 Å². The van der Waals surface area contributed by atoms with Crippen molar-refractivity contribution in [2.75, 3.05) is 13.7 Å². The first-order valence-corrected chi connectivity index (χ1v) is 8.17. The van der Waals surface area contributed by atoms with Crippen molar-refractivity contribution in [3.05, 3.63) is 52.8 Å². The lowest BCUT2D eigenvalue weighted by atomic mass is 9.99. The number of aryl methyl sites for hydroxylation is 1. The Kier molecular flexibility index (Phi) is 5.97. The third-order valence-corrected chi connectivity index (χ3v) is 4.30. The number of hydrogen-bond donors (Lipinski definition) is 2. The van der Waals surface area contributed by atoms with Gasteiger partial charge in [0.15, 0.2) is 6.29 Å². The van der Waals surface area contributed by atoms with Crippen molar-refractivity contribution >= 4 is 12.3 Å². The first-order chi connectivity index (χ1) is 12.3. The number of aldehydes is 1. The normalized spacial score (nSPS) is 14.5. The average molecular weight is 361 g/mol. The first-order valence-electron chi connectivity index (χ1n) is 8.17. The van der Waals surface area contributed by atoms with Gasteiger partial charge in [-0.1, -0.05) is 12.1 Å². The molecule has 1 heterocycles. The van der Waals surface area contributed by atoms with Gasteiger partial charge in [-0.3, -0.25) is 4.79 Å². The minimum Gasteiger partial charge on any atom is -0.467 e. The van der Waals surface area contributed by atoms with Crippen molar-refractivity contribution in [1.82, 2.24) is 4.57 Å². The molecule has 0 radical (unpaired) electrons. The van der Waals surface area contributed by atoms with Crippen molar-refractivity contribution in [1.29, 1.82) is 0 Å². The Morgan fingerprint density at radius 1 is 1.31 bits per heavy atom. The molecule has 2 atom stereocenters. The fourth-order valence-corrected chi connectivity index (χ4v) is 2.97. The number of aliphatic hydroxyl groups is 2. The molecule has 26 heavy (non-hydrogen) atoms. The Bertz CT molecular complexity index is 795. The predicted molar refractivity (Wildman–Crippen MR) is 94.2 cm³/mol. The zero-order valence-electron chi connectivity index (χ0n) is 15.2. The molecule has 7 heteroatoms. The van der Waals surface area contributed by atoms with Crippen LogP contribution in [0.25, 0.3) is 5.69 Å². The van der Waals surface area contributed by atoms with Crippen LogP contribution >= 0.6 is 0 Å². The molecule has 1 aromatic carbocycles. The second-order valence-corrected chi connectivity index (χ2v) is 5.88. The highest BCUT2D eigenvalue weighted by molar-refractivity contribution is 5.78. The summed E-state index contributed by atoms with van der Waals surface area (Å²) in [4.78, 5) is 22.8. The van der Waals surface area contributed by atoms with Crippen LogP contribution in [0, 0.1) is 13.8 Å². The molecule has 2 aromatic rings. The van der Waals surface area contributed by atoms with E-state index in [9.17, 15) is 19.8 Å². The van der Waals surface area contributed by atoms with Crippen LogP contribution in [-0.4, -0.2) is 46.9 Å². The van der Waals surface area contributed by atoms with Gasteiger partial charge in [0.2, 0.25) is 11.9 Å². The number of aromatic nitrogens is 1. The first kappa shape index (κ1) is 19.8. The van der Waals surface area contributed by atoms with E-state index in [4.69, 9.17) is 4.74 Å². The van der Waals surface area contributed by atoms with Crippen LogP contribution < -0.4 is 0 Å². The Balaban J connectivity index is 2.45. The van der Waals surface area contributed by atoms with Crippen LogP contribution in [-0.2, 0) is 20.1 Å². The average Bonchev–Trinajstić information content (AvgIpc) is 2.94. The van der Waals surface area contributed by atoms with Gasteiger partial charge >= 0.3 is 5.97 Å². The largest absolute Gasteiger partial charge is 0.467 e. The number of nitrogens with zero attached hydrogens (tertiary/aromatic N) is 1. The van der Waals surface area contributed by atoms with E-state index in [2.05, 4.69) is 4.74 Å². The summed E-state index contributed by atoms with van der Waals surface area (Å²) >= 11 is 0. The number of ether oxygens (including phenoxy) is 2. The van der Waals surface area contributed by atoms with Gasteiger partial charge in [0.25, 0.3) is 0 Å². The van der Waals surface area contributed by atoms with Crippen molar-refractivity contribution < 1.29 is 29.3 Å². The predicted octanol–water partition coefficient (Wildman–Crippen LogP) is 1.62. The van der Waals surface area contributed by atoms with Crippen LogP contribution in [0.15, 0.2) is 30.3 Å². The Morgan fingerprint density at radius 2 is 1.92 bits per heavy atom. The summed E-state index contributed by atoms with van der Waals surface area (Å²) in [6, 6.07) is 8.30. The number of aliphatic hydroxyl groups excluding tert-OH is 1. The Morgan fingerprint density at radius 3 is 2.38 bits per heavy atom. The van der Waals surface area contributed by atoms with Crippen molar-refractivity contribution in [3.63, 3.8) is 0 Å². The molecule has 1 aromatic heterocycles. The summed E-state index contributed by atoms with van der Waals surface area (Å²) in [5, 5.41) is 20.9. The zero-order valence-corrected chi connectivity index (χ0v) is 15.2. The number of rotatable bonds is 7. The topological polar surface area (TPSA) is 98.0 Å². The molecular formula is C19H23NO6. The van der Waals surface area contributed by atoms with E-state index in [0.717, 1.165) is 30.5 Å². The summed E-state index contributed by atoms with van der Waals surface area (Å²) in [5.41, 5.74) is 3.24. The highest BCUT2D eigenvalue weighted by atomic mass is 16.6. The van der Waals surface area contributed by atoms with Gasteiger partial charge in [-0.2, -0.15) is 0 Å². The smallest absolute Gasteiger partial charge is 0.340 e. The van der Waals surface area contributed by atoms with Gasteiger partial charge in [-0.05, 0) is 39.0 Å². The standard InChI is InChI=1S/C19H23NO6/c1-5-26-19(24,17(22)18(23)25-4)15-6-8-16(9-7-15)20-12(2)10-14(11-21)13(20)3/h6-11,17,22,24H,5H2,1-4H3. The van der Waals surface area contributed by atoms with Crippen molar-refractivity contribution in [2.45, 2.75) is 32.7 Å². The summed E-state index contributed by atoms with van der Waals surface area (Å²) < 4.78 is 11.7. The maximum atomic E-state index is 11.7. The number of carbonyl (C=O) groups is 2. The lowest BCUT2D eigenvalue weighted by Crippen LogP contribution is -2.47. The van der Waals surface area contributed by atoms with Crippen LogP contribution in [0.4, 0.5) is 0 Å². The van der Waals surface area contributed by atoms with Crippen LogP contribution in [0.5, 0.6) is 0 Å². The second kappa shape index (κ2) is 7.82. The molecule has 7 nitrogen and oxygen atoms in total. The van der Waals surface area contributed by atoms with E-state index in [0.29, 0.717) is 5.56 Å². The lowest BCUT2D eigenvalue weighted by molar-refractivity contribution is -0.264. The van der Waals surface area contributed by atoms with Gasteiger partial charge < -0.3 is 24.3 Å². The highest BCUT2D eigenvalue weighted by Crippen LogP contribution is 2.29. The second-order valence-electron chi connectivity index (χ2n) is 5.88. The van der Waals surface area contributed by atoms with Crippen molar-refractivity contribution in [3.8, 4) is 5.69 Å². The summed E-state index contributed by atoms with van der Waals surface area (Å²) in [6.07, 6.45) is -1.09. The molecule has 0 spiro atoms. The fourth-order valence-electron chi connectivity index (χ4n) is 2.97. The summed E-state index contributed by atoms with van der Waals surface area (Å²) in [7, 11) is 1.11. The number of carbonyl (C=O) groups excluding carboxylic acids is 2. The highest BCUT2D eigenvalue weighted by Gasteiger charge is 2.44. The van der Waals surface area contributed by atoms with Crippen LogP contribution in [0.1, 0.15) is 34.2 Å². The Labute approximate surface area is 151 Å². The van der Waals surface area contributed by atoms with Gasteiger partial charge in [-0.15, -0.1) is 0 Å². The third-order valence-electron chi connectivity index (χ3n) is 4.30. The molecule has 0 saturated carbocycles. The molecule has 2 unspecified atom stereocenters. The van der Waals surface area contributed by atoms with Gasteiger partial charge in [0.05, 0.1) is 7.11 Å². The molecule has 0 saturated heterocycles. The number of esters is 1. The molecule has 2 rings (SSSR count). The summed E-state index contributed by atoms with van der Waals surface area (Å²) in [6.45, 7) is 5.43. The molecule has 2 N–H and O–H groups in total. The number of hydrogen-bond acceptors (Lipinski definition) is 6. The van der Waals surface area contributed by atoms with E-state index in [-0.39, 0.29) is 12.2 Å². The minimum absolute atomic E-state index is 0.0742. The van der Waals surface area contributed by atoms with E-state index in [1.807, 2.05) is 18.4 Å². The number of benzene rings is 1. The fraction of sp³-hybridized carbons (Fsp3) is 0.368. The molecule has 0 fully saturated rings. The van der Waals surface area contributed by atoms with Gasteiger partial charge in [0, 0.05) is 34.8 Å². The maximum absolute atomic E-state index is 11.7. The molecule has 140 valence electrons. The Hall–Kier alpha value is -2.48. The molecule has 0 aliphatic carbocycles. The number of methoxy groups -OCH3 is 1. The van der Waals surface area contributed by atoms with E-state index in [1.54, 1.807) is 37.3 Å². The summed E-state index contributed by atoms with van der Waals surface area (Å²) in [5.74, 6) is -3.23. The molecule has 0 aliphatic heterocycles. The zero-order chi connectivity index (χ0) is 19.5. The van der Waals surface area contributed by atoms with Crippen LogP contribution in [0.2, 0.25) is 0 Å². The molecular weight excluding hydrogens is 338 g/mol. The van der Waals surface area contributed by atoms with Crippen LogP contribution in [0.3, 0.4) is 0 Å². The minimum atomic E-state index is -2.23. The van der Waals surface area contributed by atoms with Gasteiger partial charge in [-0.25, -0.2) is 4.79 Å². The molecule has 0 amide bonds. The third kappa shape index (κ3) is 3.41. The van der Waals surface area contributed by atoms with E-state index < -0.39 is 17.9 Å². The SMILES string of the molecule is CCOC(O)(c1ccc(-n2c(C)cc(C=O)c2C)cc1)C(O)C(=O)OC. The van der Waals surface area contributed by atoms with Crippen molar-refractivity contribution in [2.24, 2.45) is 0 Å². The quantitative estimate of drug-likeness (QED) is 0.442. The maximum Gasteiger partial charge on any atom is 0.340 e. The van der Waals surface area contributed by atoms with E-state index in [1.165, 1.54) is 0 Å². The monoisotopic (exact) mass is 361 g/mol. The van der Waals surface area contributed by atoms with E-state index >= 15 is 0 Å². The lowest BCUT2D eigenvalue weighted by Gasteiger charge is -2.31. The molecule has 0 bridgehead atoms.